The Morgan fingerprint density at radius 2 is 2.05 bits per heavy atom. The van der Waals surface area contributed by atoms with Crippen LogP contribution >= 0.6 is 12.2 Å². The molecule has 0 aliphatic carbocycles. The second-order valence-electron chi connectivity index (χ2n) is 5.82. The van der Waals surface area contributed by atoms with Crippen LogP contribution in [0.2, 0.25) is 0 Å². The molecule has 1 fully saturated rings. The molecule has 1 unspecified atom stereocenters. The Labute approximate surface area is 136 Å². The highest BCUT2D eigenvalue weighted by Crippen LogP contribution is 2.32. The summed E-state index contributed by atoms with van der Waals surface area (Å²) in [5.74, 6) is 0.116. The average molecular weight is 312 g/mol. The molecule has 1 aliphatic rings. The molecule has 0 spiro atoms. The molecule has 1 aromatic heterocycles. The third-order valence-corrected chi connectivity index (χ3v) is 4.72. The van der Waals surface area contributed by atoms with E-state index in [1.165, 1.54) is 0 Å². The van der Waals surface area contributed by atoms with Crippen molar-refractivity contribution in [2.45, 2.75) is 32.2 Å². The van der Waals surface area contributed by atoms with Crippen LogP contribution in [-0.4, -0.2) is 22.3 Å². The van der Waals surface area contributed by atoms with Crippen LogP contribution in [0.15, 0.2) is 42.6 Å². The fourth-order valence-electron chi connectivity index (χ4n) is 3.08. The average Bonchev–Trinajstić information content (AvgIpc) is 2.57. The lowest BCUT2D eigenvalue weighted by Crippen LogP contribution is -2.38. The number of aromatic amines is 1. The SMILES string of the molecule is Cc1cc(C2CCCCN2C(=O)c2ccccc2)c[nH]c1=S. The molecule has 22 heavy (non-hydrogen) atoms. The van der Waals surface area contributed by atoms with Crippen molar-refractivity contribution in [3.05, 3.63) is 63.9 Å². The number of carbonyl (C=O) groups excluding carboxylic acids is 1. The zero-order chi connectivity index (χ0) is 15.5. The van der Waals surface area contributed by atoms with Crippen LogP contribution in [0.5, 0.6) is 0 Å². The zero-order valence-electron chi connectivity index (χ0n) is 12.7. The summed E-state index contributed by atoms with van der Waals surface area (Å²) in [4.78, 5) is 18.0. The fourth-order valence-corrected chi connectivity index (χ4v) is 3.20. The normalized spacial score (nSPS) is 18.2. The molecule has 2 heterocycles. The Hall–Kier alpha value is -1.94. The van der Waals surface area contributed by atoms with Gasteiger partial charge in [-0.25, -0.2) is 0 Å². The van der Waals surface area contributed by atoms with E-state index < -0.39 is 0 Å². The second-order valence-corrected chi connectivity index (χ2v) is 6.23. The molecular weight excluding hydrogens is 292 g/mol. The molecule has 1 atom stereocenters. The van der Waals surface area contributed by atoms with Crippen LogP contribution in [0.4, 0.5) is 0 Å². The minimum Gasteiger partial charge on any atom is -0.352 e. The van der Waals surface area contributed by atoms with Gasteiger partial charge in [0.2, 0.25) is 0 Å². The van der Waals surface area contributed by atoms with Gasteiger partial charge in [-0.3, -0.25) is 4.79 Å². The van der Waals surface area contributed by atoms with Crippen LogP contribution in [0.3, 0.4) is 0 Å². The van der Waals surface area contributed by atoms with Gasteiger partial charge in [0.05, 0.1) is 6.04 Å². The highest BCUT2D eigenvalue weighted by atomic mass is 32.1. The maximum Gasteiger partial charge on any atom is 0.254 e. The van der Waals surface area contributed by atoms with Gasteiger partial charge in [-0.1, -0.05) is 30.4 Å². The number of nitrogens with one attached hydrogen (secondary N) is 1. The third-order valence-electron chi connectivity index (χ3n) is 4.28. The minimum atomic E-state index is 0.116. The number of hydrogen-bond acceptors (Lipinski definition) is 2. The minimum absolute atomic E-state index is 0.116. The number of benzene rings is 1. The summed E-state index contributed by atoms with van der Waals surface area (Å²) >= 11 is 5.24. The number of H-pyrrole nitrogens is 1. The lowest BCUT2D eigenvalue weighted by Gasteiger charge is -2.36. The van der Waals surface area contributed by atoms with E-state index in [4.69, 9.17) is 12.2 Å². The number of rotatable bonds is 2. The van der Waals surface area contributed by atoms with Crippen molar-refractivity contribution in [1.29, 1.82) is 0 Å². The lowest BCUT2D eigenvalue weighted by molar-refractivity contribution is 0.0611. The molecule has 1 amide bonds. The molecule has 0 bridgehead atoms. The van der Waals surface area contributed by atoms with Gasteiger partial charge in [0, 0.05) is 18.3 Å². The first-order valence-corrected chi connectivity index (χ1v) is 8.13. The van der Waals surface area contributed by atoms with E-state index in [1.54, 1.807) is 0 Å². The van der Waals surface area contributed by atoms with E-state index in [0.29, 0.717) is 0 Å². The Balaban J connectivity index is 1.92. The smallest absolute Gasteiger partial charge is 0.254 e. The predicted molar refractivity (Wildman–Crippen MR) is 90.4 cm³/mol. The lowest BCUT2D eigenvalue weighted by atomic mass is 9.95. The number of nitrogens with zero attached hydrogens (tertiary/aromatic N) is 1. The molecule has 0 saturated carbocycles. The van der Waals surface area contributed by atoms with Crippen molar-refractivity contribution in [3.8, 4) is 0 Å². The van der Waals surface area contributed by atoms with Crippen molar-refractivity contribution >= 4 is 18.1 Å². The van der Waals surface area contributed by atoms with Crippen molar-refractivity contribution in [1.82, 2.24) is 9.88 Å². The number of hydrogen-bond donors (Lipinski definition) is 1. The summed E-state index contributed by atoms with van der Waals surface area (Å²) in [6.07, 6.45) is 5.17. The van der Waals surface area contributed by atoms with Gasteiger partial charge in [-0.05, 0) is 55.5 Å². The monoisotopic (exact) mass is 312 g/mol. The van der Waals surface area contributed by atoms with Crippen LogP contribution in [0.25, 0.3) is 0 Å². The van der Waals surface area contributed by atoms with Crippen molar-refractivity contribution in [3.63, 3.8) is 0 Å². The van der Waals surface area contributed by atoms with Crippen LogP contribution in [0.1, 0.15) is 46.8 Å². The fraction of sp³-hybridized carbons (Fsp3) is 0.333. The Morgan fingerprint density at radius 3 is 2.77 bits per heavy atom. The maximum atomic E-state index is 12.8. The van der Waals surface area contributed by atoms with Gasteiger partial charge in [-0.2, -0.15) is 0 Å². The van der Waals surface area contributed by atoms with Crippen molar-refractivity contribution in [2.24, 2.45) is 0 Å². The topological polar surface area (TPSA) is 36.1 Å². The van der Waals surface area contributed by atoms with E-state index in [-0.39, 0.29) is 11.9 Å². The van der Waals surface area contributed by atoms with E-state index >= 15 is 0 Å². The Morgan fingerprint density at radius 1 is 1.27 bits per heavy atom. The summed E-state index contributed by atoms with van der Waals surface area (Å²) in [6.45, 7) is 2.82. The van der Waals surface area contributed by atoms with E-state index in [2.05, 4.69) is 11.1 Å². The maximum absolute atomic E-state index is 12.8. The zero-order valence-corrected chi connectivity index (χ0v) is 13.5. The standard InChI is InChI=1S/C18H20N2OS/c1-13-11-15(12-19-17(13)22)16-9-5-6-10-20(16)18(21)14-7-3-2-4-8-14/h2-4,7-8,11-12,16H,5-6,9-10H2,1H3,(H,19,22). The van der Waals surface area contributed by atoms with Crippen LogP contribution in [0, 0.1) is 11.6 Å². The number of carbonyl (C=O) groups is 1. The third kappa shape index (κ3) is 2.97. The van der Waals surface area contributed by atoms with Gasteiger partial charge in [0.15, 0.2) is 0 Å². The van der Waals surface area contributed by atoms with Gasteiger partial charge in [0.25, 0.3) is 5.91 Å². The molecule has 1 aliphatic heterocycles. The van der Waals surface area contributed by atoms with Crippen LogP contribution < -0.4 is 0 Å². The molecule has 4 heteroatoms. The van der Waals surface area contributed by atoms with Crippen molar-refractivity contribution < 1.29 is 4.79 Å². The largest absolute Gasteiger partial charge is 0.352 e. The molecule has 0 radical (unpaired) electrons. The first-order chi connectivity index (χ1) is 10.7. The number of aromatic nitrogens is 1. The molecular formula is C18H20N2OS. The number of aryl methyl sites for hydroxylation is 1. The van der Waals surface area contributed by atoms with E-state index in [1.807, 2.05) is 48.4 Å². The Bertz CT molecular complexity index is 723. The number of amides is 1. The number of pyridine rings is 1. The number of piperidine rings is 1. The summed E-state index contributed by atoms with van der Waals surface area (Å²) in [7, 11) is 0. The number of likely N-dealkylation sites (tertiary alicyclic amines) is 1. The van der Waals surface area contributed by atoms with Gasteiger partial charge in [-0.15, -0.1) is 0 Å². The molecule has 1 saturated heterocycles. The van der Waals surface area contributed by atoms with Crippen LogP contribution in [-0.2, 0) is 0 Å². The first-order valence-electron chi connectivity index (χ1n) is 7.72. The predicted octanol–water partition coefficient (Wildman–Crippen LogP) is 4.42. The van der Waals surface area contributed by atoms with E-state index in [0.717, 1.165) is 47.1 Å². The Kier molecular flexibility index (Phi) is 4.39. The summed E-state index contributed by atoms with van der Waals surface area (Å²) < 4.78 is 0.764. The first kappa shape index (κ1) is 15.0. The quantitative estimate of drug-likeness (QED) is 0.833. The van der Waals surface area contributed by atoms with Crippen molar-refractivity contribution in [2.75, 3.05) is 6.54 Å². The second kappa shape index (κ2) is 6.44. The molecule has 114 valence electrons. The molecule has 3 nitrogen and oxygen atoms in total. The van der Waals surface area contributed by atoms with Gasteiger partial charge in [0.1, 0.15) is 4.64 Å². The summed E-state index contributed by atoms with van der Waals surface area (Å²) in [6, 6.07) is 11.8. The molecule has 3 rings (SSSR count). The summed E-state index contributed by atoms with van der Waals surface area (Å²) in [5, 5.41) is 0. The van der Waals surface area contributed by atoms with Gasteiger partial charge >= 0.3 is 0 Å². The molecule has 1 N–H and O–H groups in total. The summed E-state index contributed by atoms with van der Waals surface area (Å²) in [5.41, 5.74) is 2.97. The van der Waals surface area contributed by atoms with E-state index in [9.17, 15) is 4.79 Å². The molecule has 1 aromatic carbocycles. The highest BCUT2D eigenvalue weighted by molar-refractivity contribution is 7.71. The molecule has 2 aromatic rings. The highest BCUT2D eigenvalue weighted by Gasteiger charge is 2.28. The van der Waals surface area contributed by atoms with Gasteiger partial charge < -0.3 is 9.88 Å².